The highest BCUT2D eigenvalue weighted by atomic mass is 35.5. The van der Waals surface area contributed by atoms with Crippen molar-refractivity contribution in [1.29, 1.82) is 0 Å². The number of non-ortho nitro benzene ring substituents is 1. The van der Waals surface area contributed by atoms with Gasteiger partial charge in [-0.3, -0.25) is 15.1 Å². The first-order valence-electron chi connectivity index (χ1n) is 6.50. The molecular weight excluding hydrogens is 292 g/mol. The number of hydrogen-bond acceptors (Lipinski definition) is 5. The van der Waals surface area contributed by atoms with Gasteiger partial charge in [0, 0.05) is 18.8 Å². The average Bonchev–Trinajstić information content (AvgIpc) is 2.42. The van der Waals surface area contributed by atoms with E-state index in [1.165, 1.54) is 6.07 Å². The lowest BCUT2D eigenvalue weighted by molar-refractivity contribution is -0.383. The predicted molar refractivity (Wildman–Crippen MR) is 87.3 cm³/mol. The molecule has 0 unspecified atom stereocenters. The van der Waals surface area contributed by atoms with Gasteiger partial charge in [0.1, 0.15) is 5.39 Å². The Kier molecular flexibility index (Phi) is 6.33. The van der Waals surface area contributed by atoms with Gasteiger partial charge in [-0.05, 0) is 39.2 Å². The van der Waals surface area contributed by atoms with Crippen LogP contribution in [0.25, 0.3) is 10.9 Å². The summed E-state index contributed by atoms with van der Waals surface area (Å²) >= 11 is 0. The SMILES string of the molecule is CN(C)CCCNc1ccnc2cccc([N+](=O)[O-])c12.Cl. The molecule has 0 aliphatic carbocycles. The van der Waals surface area contributed by atoms with E-state index in [0.717, 1.165) is 25.2 Å². The van der Waals surface area contributed by atoms with Crippen molar-refractivity contribution in [1.82, 2.24) is 9.88 Å². The molecule has 1 aromatic heterocycles. The Morgan fingerprint density at radius 3 is 2.76 bits per heavy atom. The first-order chi connectivity index (χ1) is 9.59. The second kappa shape index (κ2) is 7.75. The van der Waals surface area contributed by atoms with Gasteiger partial charge in [0.25, 0.3) is 5.69 Å². The second-order valence-corrected chi connectivity index (χ2v) is 4.87. The van der Waals surface area contributed by atoms with Crippen molar-refractivity contribution in [3.05, 3.63) is 40.6 Å². The van der Waals surface area contributed by atoms with Crippen molar-refractivity contribution in [2.24, 2.45) is 0 Å². The van der Waals surface area contributed by atoms with Crippen LogP contribution in [0.2, 0.25) is 0 Å². The molecular formula is C14H19ClN4O2. The number of fused-ring (bicyclic) bond motifs is 1. The summed E-state index contributed by atoms with van der Waals surface area (Å²) in [5, 5.41) is 15.0. The number of rotatable bonds is 6. The molecule has 0 atom stereocenters. The lowest BCUT2D eigenvalue weighted by Gasteiger charge is -2.12. The van der Waals surface area contributed by atoms with Gasteiger partial charge in [0.2, 0.25) is 0 Å². The number of nitro benzene ring substituents is 1. The highest BCUT2D eigenvalue weighted by Crippen LogP contribution is 2.30. The van der Waals surface area contributed by atoms with Crippen molar-refractivity contribution >= 4 is 34.7 Å². The molecule has 0 fully saturated rings. The number of aromatic nitrogens is 1. The summed E-state index contributed by atoms with van der Waals surface area (Å²) < 4.78 is 0. The molecule has 0 spiro atoms. The van der Waals surface area contributed by atoms with E-state index < -0.39 is 0 Å². The monoisotopic (exact) mass is 310 g/mol. The zero-order valence-electron chi connectivity index (χ0n) is 12.1. The summed E-state index contributed by atoms with van der Waals surface area (Å²) in [5.74, 6) is 0. The number of anilines is 1. The van der Waals surface area contributed by atoms with Crippen LogP contribution in [0.15, 0.2) is 30.5 Å². The van der Waals surface area contributed by atoms with Crippen molar-refractivity contribution in [3.63, 3.8) is 0 Å². The van der Waals surface area contributed by atoms with E-state index in [1.807, 2.05) is 14.1 Å². The number of nitro groups is 1. The van der Waals surface area contributed by atoms with Gasteiger partial charge in [-0.2, -0.15) is 0 Å². The number of pyridine rings is 1. The number of benzene rings is 1. The average molecular weight is 311 g/mol. The molecule has 0 bridgehead atoms. The van der Waals surface area contributed by atoms with Gasteiger partial charge in [0.15, 0.2) is 0 Å². The minimum Gasteiger partial charge on any atom is -0.384 e. The van der Waals surface area contributed by atoms with Crippen molar-refractivity contribution in [3.8, 4) is 0 Å². The van der Waals surface area contributed by atoms with Crippen LogP contribution in [-0.2, 0) is 0 Å². The minimum absolute atomic E-state index is 0. The molecule has 2 rings (SSSR count). The maximum Gasteiger partial charge on any atom is 0.280 e. The molecule has 1 N–H and O–H groups in total. The number of nitrogens with one attached hydrogen (secondary N) is 1. The Balaban J connectivity index is 0.00000220. The fourth-order valence-corrected chi connectivity index (χ4v) is 2.11. The van der Waals surface area contributed by atoms with Crippen LogP contribution in [-0.4, -0.2) is 42.0 Å². The molecule has 0 saturated heterocycles. The van der Waals surface area contributed by atoms with Crippen LogP contribution in [0.4, 0.5) is 11.4 Å². The van der Waals surface area contributed by atoms with Gasteiger partial charge in [0.05, 0.1) is 16.1 Å². The van der Waals surface area contributed by atoms with E-state index in [1.54, 1.807) is 24.4 Å². The van der Waals surface area contributed by atoms with Crippen LogP contribution in [0.5, 0.6) is 0 Å². The van der Waals surface area contributed by atoms with Crippen molar-refractivity contribution in [2.75, 3.05) is 32.5 Å². The molecule has 0 radical (unpaired) electrons. The summed E-state index contributed by atoms with van der Waals surface area (Å²) in [6.45, 7) is 1.74. The topological polar surface area (TPSA) is 71.3 Å². The fourth-order valence-electron chi connectivity index (χ4n) is 2.11. The lowest BCUT2D eigenvalue weighted by atomic mass is 10.1. The third-order valence-electron chi connectivity index (χ3n) is 3.04. The summed E-state index contributed by atoms with van der Waals surface area (Å²) in [6, 6.07) is 6.73. The normalized spacial score (nSPS) is 10.4. The Morgan fingerprint density at radius 1 is 1.33 bits per heavy atom. The van der Waals surface area contributed by atoms with Crippen molar-refractivity contribution in [2.45, 2.75) is 6.42 Å². The summed E-state index contributed by atoms with van der Waals surface area (Å²) in [4.78, 5) is 17.1. The van der Waals surface area contributed by atoms with E-state index in [0.29, 0.717) is 10.9 Å². The Bertz CT molecular complexity index is 614. The van der Waals surface area contributed by atoms with Gasteiger partial charge in [-0.15, -0.1) is 12.4 Å². The van der Waals surface area contributed by atoms with E-state index in [-0.39, 0.29) is 23.0 Å². The first-order valence-corrected chi connectivity index (χ1v) is 6.50. The number of halogens is 1. The molecule has 7 heteroatoms. The molecule has 0 aliphatic rings. The van der Waals surface area contributed by atoms with Gasteiger partial charge in [-0.1, -0.05) is 6.07 Å². The van der Waals surface area contributed by atoms with Crippen LogP contribution in [0.3, 0.4) is 0 Å². The van der Waals surface area contributed by atoms with E-state index in [4.69, 9.17) is 0 Å². The van der Waals surface area contributed by atoms with Gasteiger partial charge >= 0.3 is 0 Å². The maximum absolute atomic E-state index is 11.1. The summed E-state index contributed by atoms with van der Waals surface area (Å²) in [5.41, 5.74) is 1.49. The number of nitrogens with zero attached hydrogens (tertiary/aromatic N) is 3. The molecule has 1 heterocycles. The molecule has 0 saturated carbocycles. The van der Waals surface area contributed by atoms with E-state index in [9.17, 15) is 10.1 Å². The fraction of sp³-hybridized carbons (Fsp3) is 0.357. The summed E-state index contributed by atoms with van der Waals surface area (Å²) in [6.07, 6.45) is 2.64. The smallest absolute Gasteiger partial charge is 0.280 e. The highest BCUT2D eigenvalue weighted by Gasteiger charge is 2.15. The van der Waals surface area contributed by atoms with E-state index in [2.05, 4.69) is 15.2 Å². The molecule has 1 aromatic carbocycles. The van der Waals surface area contributed by atoms with Crippen molar-refractivity contribution < 1.29 is 4.92 Å². The highest BCUT2D eigenvalue weighted by molar-refractivity contribution is 5.98. The Hall–Kier alpha value is -1.92. The molecule has 114 valence electrons. The van der Waals surface area contributed by atoms with Gasteiger partial charge in [-0.25, -0.2) is 0 Å². The first kappa shape index (κ1) is 17.1. The predicted octanol–water partition coefficient (Wildman–Crippen LogP) is 2.93. The zero-order chi connectivity index (χ0) is 14.5. The van der Waals surface area contributed by atoms with Crippen LogP contribution in [0, 0.1) is 10.1 Å². The number of hydrogen-bond donors (Lipinski definition) is 1. The molecule has 2 aromatic rings. The lowest BCUT2D eigenvalue weighted by Crippen LogP contribution is -2.16. The van der Waals surface area contributed by atoms with Crippen LogP contribution < -0.4 is 5.32 Å². The van der Waals surface area contributed by atoms with E-state index >= 15 is 0 Å². The zero-order valence-corrected chi connectivity index (χ0v) is 12.9. The third-order valence-corrected chi connectivity index (χ3v) is 3.04. The Morgan fingerprint density at radius 2 is 2.10 bits per heavy atom. The summed E-state index contributed by atoms with van der Waals surface area (Å²) in [7, 11) is 4.04. The molecule has 21 heavy (non-hydrogen) atoms. The minimum atomic E-state index is -0.366. The quantitative estimate of drug-likeness (QED) is 0.504. The van der Waals surface area contributed by atoms with Gasteiger partial charge < -0.3 is 10.2 Å². The molecule has 6 nitrogen and oxygen atoms in total. The standard InChI is InChI=1S/C14H18N4O2.ClH/c1-17(2)10-4-8-15-12-7-9-16-11-5-3-6-13(14(11)12)18(19)20;/h3,5-7,9H,4,8,10H2,1-2H3,(H,15,16);1H. The molecule has 0 amide bonds. The third kappa shape index (κ3) is 4.27. The largest absolute Gasteiger partial charge is 0.384 e. The van der Waals surface area contributed by atoms with Crippen LogP contribution >= 0.6 is 12.4 Å². The molecule has 0 aliphatic heterocycles. The second-order valence-electron chi connectivity index (χ2n) is 4.87. The maximum atomic E-state index is 11.1. The van der Waals surface area contributed by atoms with Crippen LogP contribution in [0.1, 0.15) is 6.42 Å². The Labute approximate surface area is 129 Å².